The summed E-state index contributed by atoms with van der Waals surface area (Å²) in [6.07, 6.45) is 0.351. The highest BCUT2D eigenvalue weighted by Gasteiger charge is 2.24. The molecule has 0 amide bonds. The average molecular weight is 316 g/mol. The number of hydrogen-bond acceptors (Lipinski definition) is 4. The highest BCUT2D eigenvalue weighted by Crippen LogP contribution is 2.17. The number of sulfonamides is 1. The lowest BCUT2D eigenvalue weighted by molar-refractivity contribution is 0.179. The van der Waals surface area contributed by atoms with Crippen LogP contribution in [-0.2, 0) is 14.8 Å². The fraction of sp³-hybridized carbons (Fsp3) is 0.462. The van der Waals surface area contributed by atoms with Gasteiger partial charge in [0, 0.05) is 26.6 Å². The predicted molar refractivity (Wildman–Crippen MR) is 83.2 cm³/mol. The topological polar surface area (TPSA) is 72.6 Å². The zero-order valence-electron chi connectivity index (χ0n) is 11.7. The Labute approximate surface area is 125 Å². The summed E-state index contributed by atoms with van der Waals surface area (Å²) in [6.45, 7) is 2.71. The third-order valence-corrected chi connectivity index (χ3v) is 4.88. The normalized spacial score (nSPS) is 11.8. The minimum atomic E-state index is -3.55. The lowest BCUT2D eigenvalue weighted by Crippen LogP contribution is -2.36. The smallest absolute Gasteiger partial charge is 0.243 e. The van der Waals surface area contributed by atoms with Crippen molar-refractivity contribution in [1.82, 2.24) is 4.31 Å². The molecule has 0 aromatic heterocycles. The van der Waals surface area contributed by atoms with Crippen molar-refractivity contribution in [3.05, 3.63) is 29.8 Å². The summed E-state index contributed by atoms with van der Waals surface area (Å²) in [4.78, 5) is 0.573. The largest absolute Gasteiger partial charge is 0.393 e. The van der Waals surface area contributed by atoms with Crippen molar-refractivity contribution in [1.29, 1.82) is 0 Å². The van der Waals surface area contributed by atoms with Gasteiger partial charge in [0.05, 0.1) is 16.5 Å². The summed E-state index contributed by atoms with van der Waals surface area (Å²) < 4.78 is 31.5. The van der Waals surface area contributed by atoms with Gasteiger partial charge in [-0.3, -0.25) is 0 Å². The van der Waals surface area contributed by atoms with Crippen molar-refractivity contribution < 1.29 is 13.2 Å². The van der Waals surface area contributed by atoms with Gasteiger partial charge in [-0.25, -0.2) is 8.42 Å². The Morgan fingerprint density at radius 3 is 2.65 bits per heavy atom. The molecule has 0 aliphatic rings. The standard InChI is InChI=1S/C13H20N2O3S2/c1-11-4-3-5-12(10-11)20(16,17)15(8-9-18-2)7-6-13(14)19/h3-5,10H,6-9H2,1-2H3,(H2,14,19). The molecule has 0 bridgehead atoms. The van der Waals surface area contributed by atoms with Crippen LogP contribution in [0.2, 0.25) is 0 Å². The second-order valence-corrected chi connectivity index (χ2v) is 6.89. The third-order valence-electron chi connectivity index (χ3n) is 2.78. The molecule has 1 rings (SSSR count). The Morgan fingerprint density at radius 1 is 1.40 bits per heavy atom. The van der Waals surface area contributed by atoms with Crippen LogP contribution >= 0.6 is 12.2 Å². The molecule has 0 aliphatic carbocycles. The molecule has 20 heavy (non-hydrogen) atoms. The molecule has 0 unspecified atom stereocenters. The Kier molecular flexibility index (Phi) is 6.54. The lowest BCUT2D eigenvalue weighted by atomic mass is 10.2. The molecule has 0 aliphatic heterocycles. The van der Waals surface area contributed by atoms with E-state index in [1.54, 1.807) is 18.2 Å². The van der Waals surface area contributed by atoms with Crippen LogP contribution in [0.1, 0.15) is 12.0 Å². The predicted octanol–water partition coefficient (Wildman–Crippen LogP) is 1.31. The van der Waals surface area contributed by atoms with Crippen molar-refractivity contribution in [2.75, 3.05) is 26.8 Å². The van der Waals surface area contributed by atoms with E-state index >= 15 is 0 Å². The fourth-order valence-electron chi connectivity index (χ4n) is 1.71. The molecule has 2 N–H and O–H groups in total. The number of ether oxygens (including phenoxy) is 1. The average Bonchev–Trinajstić information content (AvgIpc) is 2.38. The second kappa shape index (κ2) is 7.68. The van der Waals surface area contributed by atoms with Crippen molar-refractivity contribution in [2.45, 2.75) is 18.2 Å². The van der Waals surface area contributed by atoms with E-state index in [0.717, 1.165) is 5.56 Å². The zero-order chi connectivity index (χ0) is 15.2. The number of hydrogen-bond donors (Lipinski definition) is 1. The fourth-order valence-corrected chi connectivity index (χ4v) is 3.33. The van der Waals surface area contributed by atoms with Crippen molar-refractivity contribution in [3.63, 3.8) is 0 Å². The van der Waals surface area contributed by atoms with Gasteiger partial charge in [0.25, 0.3) is 0 Å². The molecule has 0 saturated carbocycles. The summed E-state index contributed by atoms with van der Waals surface area (Å²) in [5.74, 6) is 0. The molecule has 0 spiro atoms. The van der Waals surface area contributed by atoms with E-state index in [4.69, 9.17) is 22.7 Å². The van der Waals surface area contributed by atoms with Crippen LogP contribution in [0.3, 0.4) is 0 Å². The van der Waals surface area contributed by atoms with E-state index in [9.17, 15) is 8.42 Å². The summed E-state index contributed by atoms with van der Waals surface area (Å²) in [5.41, 5.74) is 6.35. The van der Waals surface area contributed by atoms with Gasteiger partial charge in [0.1, 0.15) is 0 Å². The molecule has 0 saturated heterocycles. The molecule has 0 heterocycles. The highest BCUT2D eigenvalue weighted by molar-refractivity contribution is 7.89. The molecule has 0 radical (unpaired) electrons. The van der Waals surface area contributed by atoms with Gasteiger partial charge in [-0.15, -0.1) is 0 Å². The van der Waals surface area contributed by atoms with Gasteiger partial charge in [-0.1, -0.05) is 24.4 Å². The Morgan fingerprint density at radius 2 is 2.10 bits per heavy atom. The molecule has 1 aromatic carbocycles. The number of thiocarbonyl (C=S) groups is 1. The quantitative estimate of drug-likeness (QED) is 0.732. The van der Waals surface area contributed by atoms with Gasteiger partial charge in [0.15, 0.2) is 0 Å². The van der Waals surface area contributed by atoms with E-state index in [1.165, 1.54) is 11.4 Å². The molecule has 7 heteroatoms. The van der Waals surface area contributed by atoms with Crippen LogP contribution in [0.25, 0.3) is 0 Å². The summed E-state index contributed by atoms with van der Waals surface area (Å²) in [7, 11) is -2.02. The highest BCUT2D eigenvalue weighted by atomic mass is 32.2. The van der Waals surface area contributed by atoms with E-state index in [0.29, 0.717) is 18.0 Å². The van der Waals surface area contributed by atoms with Crippen LogP contribution in [0.5, 0.6) is 0 Å². The summed E-state index contributed by atoms with van der Waals surface area (Å²) in [5, 5.41) is 0. The SMILES string of the molecule is COCCN(CCC(N)=S)S(=O)(=O)c1cccc(C)c1. The first-order valence-corrected chi connectivity index (χ1v) is 8.07. The Bertz CT molecular complexity index is 558. The van der Waals surface area contributed by atoms with Gasteiger partial charge in [0.2, 0.25) is 10.0 Å². The van der Waals surface area contributed by atoms with Crippen LogP contribution in [0, 0.1) is 6.92 Å². The first-order valence-electron chi connectivity index (χ1n) is 6.22. The molecular weight excluding hydrogens is 296 g/mol. The van der Waals surface area contributed by atoms with Crippen molar-refractivity contribution in [3.8, 4) is 0 Å². The number of aryl methyl sites for hydroxylation is 1. The van der Waals surface area contributed by atoms with E-state index < -0.39 is 10.0 Å². The molecular formula is C13H20N2O3S2. The molecule has 112 valence electrons. The second-order valence-electron chi connectivity index (χ2n) is 4.43. The molecule has 0 atom stereocenters. The summed E-state index contributed by atoms with van der Waals surface area (Å²) in [6, 6.07) is 6.82. The zero-order valence-corrected chi connectivity index (χ0v) is 13.3. The van der Waals surface area contributed by atoms with E-state index in [1.807, 2.05) is 13.0 Å². The summed E-state index contributed by atoms with van der Waals surface area (Å²) >= 11 is 4.81. The van der Waals surface area contributed by atoms with Gasteiger partial charge < -0.3 is 10.5 Å². The van der Waals surface area contributed by atoms with E-state index in [2.05, 4.69) is 0 Å². The maximum absolute atomic E-state index is 12.6. The first kappa shape index (κ1) is 17.0. The first-order chi connectivity index (χ1) is 9.37. The maximum Gasteiger partial charge on any atom is 0.243 e. The maximum atomic E-state index is 12.6. The molecule has 1 aromatic rings. The molecule has 0 fully saturated rings. The van der Waals surface area contributed by atoms with Crippen molar-refractivity contribution in [2.24, 2.45) is 5.73 Å². The van der Waals surface area contributed by atoms with Crippen LogP contribution in [0.15, 0.2) is 29.2 Å². The number of nitrogens with two attached hydrogens (primary N) is 1. The number of benzene rings is 1. The third kappa shape index (κ3) is 4.82. The number of methoxy groups -OCH3 is 1. The van der Waals surface area contributed by atoms with Gasteiger partial charge >= 0.3 is 0 Å². The molecule has 5 nitrogen and oxygen atoms in total. The van der Waals surface area contributed by atoms with Crippen molar-refractivity contribution >= 4 is 27.2 Å². The van der Waals surface area contributed by atoms with Crippen LogP contribution < -0.4 is 5.73 Å². The number of nitrogens with zero attached hydrogens (tertiary/aromatic N) is 1. The Hall–Kier alpha value is -1.02. The minimum Gasteiger partial charge on any atom is -0.393 e. The van der Waals surface area contributed by atoms with Gasteiger partial charge in [-0.05, 0) is 24.6 Å². The minimum absolute atomic E-state index is 0.259. The van der Waals surface area contributed by atoms with Crippen LogP contribution in [0.4, 0.5) is 0 Å². The van der Waals surface area contributed by atoms with E-state index in [-0.39, 0.29) is 18.0 Å². The lowest BCUT2D eigenvalue weighted by Gasteiger charge is -2.21. The van der Waals surface area contributed by atoms with Gasteiger partial charge in [-0.2, -0.15) is 4.31 Å². The Balaban J connectivity index is 3.00. The number of rotatable bonds is 8. The van der Waals surface area contributed by atoms with Crippen LogP contribution in [-0.4, -0.2) is 44.5 Å². The monoisotopic (exact) mass is 316 g/mol.